The number of carbonyl (C=O) groups excluding carboxylic acids is 2. The minimum atomic E-state index is -0.536. The van der Waals surface area contributed by atoms with Crippen molar-refractivity contribution in [1.29, 1.82) is 0 Å². The lowest BCUT2D eigenvalue weighted by atomic mass is 9.97. The van der Waals surface area contributed by atoms with E-state index in [4.69, 9.17) is 4.74 Å². The summed E-state index contributed by atoms with van der Waals surface area (Å²) < 4.78 is 4.78. The zero-order valence-electron chi connectivity index (χ0n) is 23.4. The summed E-state index contributed by atoms with van der Waals surface area (Å²) in [7, 11) is 5.19. The van der Waals surface area contributed by atoms with Crippen LogP contribution in [0.3, 0.4) is 0 Å². The van der Waals surface area contributed by atoms with E-state index >= 15 is 0 Å². The third kappa shape index (κ3) is 6.80. The van der Waals surface area contributed by atoms with Crippen molar-refractivity contribution in [2.24, 2.45) is 5.18 Å². The second kappa shape index (κ2) is 13.1. The number of allylic oxidation sites excluding steroid dienone is 1. The van der Waals surface area contributed by atoms with Gasteiger partial charge in [-0.15, -0.1) is 4.91 Å². The van der Waals surface area contributed by atoms with Gasteiger partial charge in [0.05, 0.1) is 19.2 Å². The standard InChI is InChI=1S/C31H35N5O4/c1-22(27-15-10-24(31(38)40-4)20-28(27)33-39)30(23-8-6-5-7-9-23)32-25-11-13-26(14-12-25)35(3)29(37)21-36-18-16-34(2)17-19-36/h5-15,20,32H,16-19,21H2,1-4H3/b30-22+. The Morgan fingerprint density at radius 1 is 0.950 bits per heavy atom. The van der Waals surface area contributed by atoms with E-state index < -0.39 is 5.97 Å². The number of methoxy groups -OCH3 is 1. The quantitative estimate of drug-likeness (QED) is 0.229. The number of amides is 1. The monoisotopic (exact) mass is 541 g/mol. The van der Waals surface area contributed by atoms with Gasteiger partial charge >= 0.3 is 5.97 Å². The van der Waals surface area contributed by atoms with Crippen LogP contribution >= 0.6 is 0 Å². The SMILES string of the molecule is COC(=O)c1ccc(/C(C)=C(/Nc2ccc(N(C)C(=O)CN3CCN(C)CC3)cc2)c2ccccc2)c(N=O)c1. The molecule has 0 unspecified atom stereocenters. The second-order valence-electron chi connectivity index (χ2n) is 9.88. The summed E-state index contributed by atoms with van der Waals surface area (Å²) in [5.41, 5.74) is 5.09. The van der Waals surface area contributed by atoms with Crippen molar-refractivity contribution in [3.05, 3.63) is 94.4 Å². The third-order valence-corrected chi connectivity index (χ3v) is 7.21. The predicted molar refractivity (Wildman–Crippen MR) is 160 cm³/mol. The molecule has 208 valence electrons. The van der Waals surface area contributed by atoms with Crippen molar-refractivity contribution in [2.75, 3.05) is 64.1 Å². The van der Waals surface area contributed by atoms with E-state index in [1.54, 1.807) is 24.1 Å². The fourth-order valence-corrected chi connectivity index (χ4v) is 4.65. The number of anilines is 2. The minimum absolute atomic E-state index is 0.0512. The van der Waals surface area contributed by atoms with Crippen LogP contribution in [-0.2, 0) is 9.53 Å². The molecule has 1 N–H and O–H groups in total. The van der Waals surface area contributed by atoms with Gasteiger partial charge in [0.2, 0.25) is 5.91 Å². The van der Waals surface area contributed by atoms with Gasteiger partial charge in [0.25, 0.3) is 0 Å². The number of likely N-dealkylation sites (N-methyl/N-ethyl adjacent to an activating group) is 2. The number of esters is 1. The van der Waals surface area contributed by atoms with Crippen molar-refractivity contribution < 1.29 is 14.3 Å². The number of nitrogens with zero attached hydrogens (tertiary/aromatic N) is 4. The van der Waals surface area contributed by atoms with Crippen LogP contribution in [-0.4, -0.2) is 75.6 Å². The van der Waals surface area contributed by atoms with E-state index in [1.165, 1.54) is 13.2 Å². The summed E-state index contributed by atoms with van der Waals surface area (Å²) in [6.45, 7) is 6.00. The van der Waals surface area contributed by atoms with E-state index in [9.17, 15) is 14.5 Å². The predicted octanol–water partition coefficient (Wildman–Crippen LogP) is 5.08. The van der Waals surface area contributed by atoms with Crippen LogP contribution in [0.4, 0.5) is 17.1 Å². The number of piperazine rings is 1. The van der Waals surface area contributed by atoms with Crippen molar-refractivity contribution in [3.63, 3.8) is 0 Å². The van der Waals surface area contributed by atoms with Crippen molar-refractivity contribution in [2.45, 2.75) is 6.92 Å². The first kappa shape index (κ1) is 28.7. The summed E-state index contributed by atoms with van der Waals surface area (Å²) in [5, 5.41) is 6.67. The van der Waals surface area contributed by atoms with E-state index in [-0.39, 0.29) is 17.2 Å². The van der Waals surface area contributed by atoms with Crippen molar-refractivity contribution in [3.8, 4) is 0 Å². The van der Waals surface area contributed by atoms with Crippen molar-refractivity contribution >= 4 is 40.2 Å². The number of carbonyl (C=O) groups is 2. The topological polar surface area (TPSA) is 94.6 Å². The Hall–Kier alpha value is -4.34. The maximum absolute atomic E-state index is 12.9. The number of hydrogen-bond donors (Lipinski definition) is 1. The third-order valence-electron chi connectivity index (χ3n) is 7.21. The fourth-order valence-electron chi connectivity index (χ4n) is 4.65. The van der Waals surface area contributed by atoms with Gasteiger partial charge < -0.3 is 19.9 Å². The molecule has 0 saturated carbocycles. The van der Waals surface area contributed by atoms with Gasteiger partial charge in [-0.2, -0.15) is 0 Å². The van der Waals surface area contributed by atoms with Crippen LogP contribution in [0, 0.1) is 4.91 Å². The highest BCUT2D eigenvalue weighted by molar-refractivity contribution is 5.99. The van der Waals surface area contributed by atoms with E-state index in [2.05, 4.69) is 27.3 Å². The molecule has 1 amide bonds. The Kier molecular flexibility index (Phi) is 9.42. The molecule has 3 aromatic rings. The maximum atomic E-state index is 12.9. The van der Waals surface area contributed by atoms with Gasteiger partial charge in [0, 0.05) is 55.9 Å². The van der Waals surface area contributed by atoms with Crippen LogP contribution in [0.25, 0.3) is 11.3 Å². The van der Waals surface area contributed by atoms with Gasteiger partial charge in [-0.05, 0) is 66.7 Å². The van der Waals surface area contributed by atoms with Gasteiger partial charge in [-0.1, -0.05) is 36.4 Å². The first-order valence-corrected chi connectivity index (χ1v) is 13.2. The van der Waals surface area contributed by atoms with Crippen LogP contribution in [0.2, 0.25) is 0 Å². The van der Waals surface area contributed by atoms with E-state index in [1.807, 2.05) is 61.5 Å². The first-order valence-electron chi connectivity index (χ1n) is 13.2. The lowest BCUT2D eigenvalue weighted by Gasteiger charge is -2.32. The summed E-state index contributed by atoms with van der Waals surface area (Å²) >= 11 is 0. The normalized spacial score (nSPS) is 14.7. The molecular weight excluding hydrogens is 506 g/mol. The number of nitroso groups, excluding NO2 is 1. The van der Waals surface area contributed by atoms with Crippen molar-refractivity contribution in [1.82, 2.24) is 9.80 Å². The molecule has 9 heteroatoms. The number of rotatable bonds is 9. The molecule has 0 bridgehead atoms. The van der Waals surface area contributed by atoms with Gasteiger partial charge in [-0.25, -0.2) is 4.79 Å². The van der Waals surface area contributed by atoms with Crippen LogP contribution in [0.1, 0.15) is 28.4 Å². The highest BCUT2D eigenvalue weighted by Gasteiger charge is 2.20. The molecule has 0 spiro atoms. The zero-order chi connectivity index (χ0) is 28.6. The molecule has 0 aromatic heterocycles. The highest BCUT2D eigenvalue weighted by atomic mass is 16.5. The van der Waals surface area contributed by atoms with Gasteiger partial charge in [0.1, 0.15) is 5.69 Å². The van der Waals surface area contributed by atoms with Gasteiger partial charge in [-0.3, -0.25) is 9.69 Å². The lowest BCUT2D eigenvalue weighted by Crippen LogP contribution is -2.48. The zero-order valence-corrected chi connectivity index (χ0v) is 23.4. The molecule has 0 atom stereocenters. The largest absolute Gasteiger partial charge is 0.465 e. The van der Waals surface area contributed by atoms with Crippen LogP contribution in [0.5, 0.6) is 0 Å². The smallest absolute Gasteiger partial charge is 0.337 e. The number of hydrogen-bond acceptors (Lipinski definition) is 8. The molecule has 1 fully saturated rings. The second-order valence-corrected chi connectivity index (χ2v) is 9.88. The Labute approximate surface area is 235 Å². The average molecular weight is 542 g/mol. The fraction of sp³-hybridized carbons (Fsp3) is 0.290. The number of benzene rings is 3. The maximum Gasteiger partial charge on any atom is 0.337 e. The van der Waals surface area contributed by atoms with Crippen LogP contribution < -0.4 is 10.2 Å². The Morgan fingerprint density at radius 2 is 1.62 bits per heavy atom. The molecule has 1 heterocycles. The molecule has 3 aromatic carbocycles. The number of nitrogens with one attached hydrogen (secondary N) is 1. The molecule has 4 rings (SSSR count). The number of ether oxygens (including phenoxy) is 1. The summed E-state index contributed by atoms with van der Waals surface area (Å²) in [5.74, 6) is -0.484. The lowest BCUT2D eigenvalue weighted by molar-refractivity contribution is -0.119. The molecule has 1 aliphatic rings. The molecule has 0 radical (unpaired) electrons. The highest BCUT2D eigenvalue weighted by Crippen LogP contribution is 2.34. The summed E-state index contributed by atoms with van der Waals surface area (Å²) in [6, 6.07) is 22.2. The Morgan fingerprint density at radius 3 is 2.25 bits per heavy atom. The average Bonchev–Trinajstić information content (AvgIpc) is 3.00. The summed E-state index contributed by atoms with van der Waals surface area (Å²) in [6.07, 6.45) is 0. The molecule has 40 heavy (non-hydrogen) atoms. The molecule has 0 aliphatic carbocycles. The first-order chi connectivity index (χ1) is 19.3. The molecular formula is C31H35N5O4. The molecule has 1 aliphatic heterocycles. The minimum Gasteiger partial charge on any atom is -0.465 e. The Bertz CT molecular complexity index is 1380. The van der Waals surface area contributed by atoms with E-state index in [0.717, 1.165) is 54.4 Å². The van der Waals surface area contributed by atoms with Gasteiger partial charge in [0.15, 0.2) is 0 Å². The molecule has 9 nitrogen and oxygen atoms in total. The van der Waals surface area contributed by atoms with Crippen LogP contribution in [0.15, 0.2) is 78.0 Å². The Balaban J connectivity index is 1.58. The molecule has 1 saturated heterocycles. The van der Waals surface area contributed by atoms with E-state index in [0.29, 0.717) is 12.1 Å². The summed E-state index contributed by atoms with van der Waals surface area (Å²) in [4.78, 5) is 42.8.